The van der Waals surface area contributed by atoms with Gasteiger partial charge in [0, 0.05) is 12.0 Å². The highest BCUT2D eigenvalue weighted by Gasteiger charge is 2.34. The highest BCUT2D eigenvalue weighted by atomic mass is 35.5. The minimum Gasteiger partial charge on any atom is -0.491 e. The SMILES string of the molecule is CNCC(O)c1ccc(OCC2(C)COC2)c(Cl)c1. The zero-order chi connectivity index (χ0) is 13.9. The van der Waals surface area contributed by atoms with E-state index in [0.717, 1.165) is 18.8 Å². The van der Waals surface area contributed by atoms with Crippen LogP contribution < -0.4 is 10.1 Å². The van der Waals surface area contributed by atoms with Gasteiger partial charge in [-0.05, 0) is 24.7 Å². The number of nitrogens with one attached hydrogen (secondary N) is 1. The maximum absolute atomic E-state index is 9.86. The van der Waals surface area contributed by atoms with E-state index in [9.17, 15) is 5.11 Å². The summed E-state index contributed by atoms with van der Waals surface area (Å²) in [6.45, 7) is 4.65. The van der Waals surface area contributed by atoms with Gasteiger partial charge in [0.2, 0.25) is 0 Å². The zero-order valence-electron chi connectivity index (χ0n) is 11.3. The van der Waals surface area contributed by atoms with Crippen LogP contribution >= 0.6 is 11.6 Å². The standard InChI is InChI=1S/C14H20ClNO3/c1-14(7-18-8-14)9-19-13-4-3-10(5-11(13)15)12(17)6-16-2/h3-5,12,16-17H,6-9H2,1-2H3. The fourth-order valence-corrected chi connectivity index (χ4v) is 2.18. The van der Waals surface area contributed by atoms with Gasteiger partial charge in [0.05, 0.1) is 30.9 Å². The topological polar surface area (TPSA) is 50.7 Å². The largest absolute Gasteiger partial charge is 0.491 e. The minimum absolute atomic E-state index is 0.0909. The number of aliphatic hydroxyl groups excluding tert-OH is 1. The van der Waals surface area contributed by atoms with Crippen LogP contribution in [0.1, 0.15) is 18.6 Å². The average molecular weight is 286 g/mol. The number of benzene rings is 1. The number of hydrogen-bond acceptors (Lipinski definition) is 4. The Bertz CT molecular complexity index is 435. The van der Waals surface area contributed by atoms with Gasteiger partial charge in [0.25, 0.3) is 0 Å². The van der Waals surface area contributed by atoms with E-state index in [4.69, 9.17) is 21.1 Å². The Morgan fingerprint density at radius 1 is 1.53 bits per heavy atom. The maximum Gasteiger partial charge on any atom is 0.137 e. The highest BCUT2D eigenvalue weighted by Crippen LogP contribution is 2.32. The maximum atomic E-state index is 9.86. The van der Waals surface area contributed by atoms with Gasteiger partial charge in [-0.3, -0.25) is 0 Å². The summed E-state index contributed by atoms with van der Waals surface area (Å²) in [6, 6.07) is 5.39. The van der Waals surface area contributed by atoms with Gasteiger partial charge < -0.3 is 19.9 Å². The molecule has 1 atom stereocenters. The predicted octanol–water partition coefficient (Wildman–Crippen LogP) is 2.01. The third-order valence-corrected chi connectivity index (χ3v) is 3.51. The molecule has 2 N–H and O–H groups in total. The summed E-state index contributed by atoms with van der Waals surface area (Å²) in [5.74, 6) is 0.648. The summed E-state index contributed by atoms with van der Waals surface area (Å²) in [5, 5.41) is 13.3. The summed E-state index contributed by atoms with van der Waals surface area (Å²) >= 11 is 6.18. The Kier molecular flexibility index (Phi) is 4.68. The normalized spacial score (nSPS) is 18.7. The number of halogens is 1. The van der Waals surface area contributed by atoms with Crippen molar-refractivity contribution in [3.63, 3.8) is 0 Å². The van der Waals surface area contributed by atoms with E-state index in [0.29, 0.717) is 23.9 Å². The highest BCUT2D eigenvalue weighted by molar-refractivity contribution is 6.32. The minimum atomic E-state index is -0.561. The van der Waals surface area contributed by atoms with Crippen LogP contribution in [0.4, 0.5) is 0 Å². The van der Waals surface area contributed by atoms with Crippen molar-refractivity contribution in [3.05, 3.63) is 28.8 Å². The van der Waals surface area contributed by atoms with Crippen molar-refractivity contribution in [1.29, 1.82) is 0 Å². The van der Waals surface area contributed by atoms with Crippen molar-refractivity contribution in [2.24, 2.45) is 5.41 Å². The molecule has 1 fully saturated rings. The van der Waals surface area contributed by atoms with E-state index in [2.05, 4.69) is 12.2 Å². The molecule has 106 valence electrons. The first-order chi connectivity index (χ1) is 9.04. The van der Waals surface area contributed by atoms with Crippen molar-refractivity contribution in [2.75, 3.05) is 33.4 Å². The van der Waals surface area contributed by atoms with Crippen LogP contribution in [0.3, 0.4) is 0 Å². The van der Waals surface area contributed by atoms with Crippen LogP contribution in [-0.2, 0) is 4.74 Å². The summed E-state index contributed by atoms with van der Waals surface area (Å²) in [5.41, 5.74) is 0.873. The van der Waals surface area contributed by atoms with Crippen LogP contribution in [0.5, 0.6) is 5.75 Å². The lowest BCUT2D eigenvalue weighted by atomic mass is 9.90. The third-order valence-electron chi connectivity index (χ3n) is 3.22. The molecule has 0 saturated carbocycles. The first-order valence-electron chi connectivity index (χ1n) is 6.37. The van der Waals surface area contributed by atoms with Crippen LogP contribution in [0.15, 0.2) is 18.2 Å². The van der Waals surface area contributed by atoms with E-state index in [1.54, 1.807) is 19.2 Å². The Balaban J connectivity index is 1.98. The molecule has 1 aromatic carbocycles. The van der Waals surface area contributed by atoms with E-state index in [1.165, 1.54) is 0 Å². The van der Waals surface area contributed by atoms with Crippen LogP contribution in [0.25, 0.3) is 0 Å². The third kappa shape index (κ3) is 3.60. The number of ether oxygens (including phenoxy) is 2. The molecule has 0 spiro atoms. The van der Waals surface area contributed by atoms with Crippen LogP contribution in [-0.4, -0.2) is 38.5 Å². The molecular weight excluding hydrogens is 266 g/mol. The Labute approximate surface area is 118 Å². The molecule has 0 aromatic heterocycles. The fraction of sp³-hybridized carbons (Fsp3) is 0.571. The van der Waals surface area contributed by atoms with Gasteiger partial charge in [0.1, 0.15) is 5.75 Å². The summed E-state index contributed by atoms with van der Waals surface area (Å²) in [6.07, 6.45) is -0.561. The van der Waals surface area contributed by atoms with E-state index < -0.39 is 6.10 Å². The van der Waals surface area contributed by atoms with Crippen molar-refractivity contribution < 1.29 is 14.6 Å². The van der Waals surface area contributed by atoms with Crippen molar-refractivity contribution >= 4 is 11.6 Å². The number of hydrogen-bond donors (Lipinski definition) is 2. The van der Waals surface area contributed by atoms with Gasteiger partial charge in [-0.25, -0.2) is 0 Å². The summed E-state index contributed by atoms with van der Waals surface area (Å²) in [4.78, 5) is 0. The second-order valence-corrected chi connectivity index (χ2v) is 5.76. The molecule has 0 bridgehead atoms. The molecule has 19 heavy (non-hydrogen) atoms. The molecule has 2 rings (SSSR count). The molecule has 0 aliphatic carbocycles. The van der Waals surface area contributed by atoms with Gasteiger partial charge in [-0.1, -0.05) is 24.6 Å². The molecule has 1 unspecified atom stereocenters. The molecule has 1 heterocycles. The van der Waals surface area contributed by atoms with Crippen LogP contribution in [0.2, 0.25) is 5.02 Å². The number of likely N-dealkylation sites (N-methyl/N-ethyl adjacent to an activating group) is 1. The quantitative estimate of drug-likeness (QED) is 0.839. The van der Waals surface area contributed by atoms with Crippen molar-refractivity contribution in [3.8, 4) is 5.75 Å². The van der Waals surface area contributed by atoms with E-state index in [1.807, 2.05) is 6.07 Å². The number of aliphatic hydroxyl groups is 1. The second kappa shape index (κ2) is 6.09. The molecule has 1 aliphatic heterocycles. The molecule has 0 radical (unpaired) electrons. The molecular formula is C14H20ClNO3. The van der Waals surface area contributed by atoms with Gasteiger partial charge >= 0.3 is 0 Å². The summed E-state index contributed by atoms with van der Waals surface area (Å²) in [7, 11) is 1.80. The van der Waals surface area contributed by atoms with E-state index in [-0.39, 0.29) is 5.41 Å². The Morgan fingerprint density at radius 2 is 2.26 bits per heavy atom. The summed E-state index contributed by atoms with van der Waals surface area (Å²) < 4.78 is 10.9. The molecule has 5 heteroatoms. The monoisotopic (exact) mass is 285 g/mol. The lowest BCUT2D eigenvalue weighted by Gasteiger charge is -2.37. The van der Waals surface area contributed by atoms with Gasteiger partial charge in [0.15, 0.2) is 0 Å². The molecule has 1 aromatic rings. The fourth-order valence-electron chi connectivity index (χ4n) is 1.94. The lowest BCUT2D eigenvalue weighted by molar-refractivity contribution is -0.120. The predicted molar refractivity (Wildman–Crippen MR) is 74.8 cm³/mol. The smallest absolute Gasteiger partial charge is 0.137 e. The Morgan fingerprint density at radius 3 is 2.79 bits per heavy atom. The molecule has 1 aliphatic rings. The van der Waals surface area contributed by atoms with Crippen molar-refractivity contribution in [2.45, 2.75) is 13.0 Å². The van der Waals surface area contributed by atoms with Crippen molar-refractivity contribution in [1.82, 2.24) is 5.32 Å². The first-order valence-corrected chi connectivity index (χ1v) is 6.74. The van der Waals surface area contributed by atoms with Crippen LogP contribution in [0, 0.1) is 5.41 Å². The van der Waals surface area contributed by atoms with E-state index >= 15 is 0 Å². The molecule has 0 amide bonds. The molecule has 1 saturated heterocycles. The van der Waals surface area contributed by atoms with Gasteiger partial charge in [-0.2, -0.15) is 0 Å². The zero-order valence-corrected chi connectivity index (χ0v) is 12.0. The Hall–Kier alpha value is -0.810. The number of rotatable bonds is 6. The lowest BCUT2D eigenvalue weighted by Crippen LogP contribution is -2.44. The second-order valence-electron chi connectivity index (χ2n) is 5.36. The molecule has 4 nitrogen and oxygen atoms in total. The van der Waals surface area contributed by atoms with Gasteiger partial charge in [-0.15, -0.1) is 0 Å². The first kappa shape index (κ1) is 14.6. The average Bonchev–Trinajstić information content (AvgIpc) is 2.35.